The summed E-state index contributed by atoms with van der Waals surface area (Å²) in [5.74, 6) is -0.0451. The van der Waals surface area contributed by atoms with Gasteiger partial charge in [-0.15, -0.1) is 0 Å². The summed E-state index contributed by atoms with van der Waals surface area (Å²) in [5, 5.41) is 0. The van der Waals surface area contributed by atoms with Crippen molar-refractivity contribution in [3.63, 3.8) is 0 Å². The van der Waals surface area contributed by atoms with Crippen LogP contribution in [0.25, 0.3) is 0 Å². The van der Waals surface area contributed by atoms with Crippen molar-refractivity contribution in [2.75, 3.05) is 6.61 Å². The summed E-state index contributed by atoms with van der Waals surface area (Å²) in [7, 11) is 0. The fraction of sp³-hybridized carbons (Fsp3) is 0.750. The van der Waals surface area contributed by atoms with Gasteiger partial charge in [-0.1, -0.05) is 0 Å². The van der Waals surface area contributed by atoms with Crippen molar-refractivity contribution in [1.29, 1.82) is 0 Å². The standard InChI is InChI=1S/C5H9O2.C3H5N.In/c1-3-5(6)7-4-2;1-2-3-4;/h1,3-4H2,2H3;3H,1-2H2;/q;-1;+1. The third-order valence-electron chi connectivity index (χ3n) is 1.93. The van der Waals surface area contributed by atoms with E-state index in [9.17, 15) is 4.79 Å². The van der Waals surface area contributed by atoms with Crippen molar-refractivity contribution in [2.24, 2.45) is 2.98 Å². The van der Waals surface area contributed by atoms with Gasteiger partial charge in [0.2, 0.25) is 0 Å². The molecule has 0 fully saturated rings. The van der Waals surface area contributed by atoms with E-state index < -0.39 is 21.7 Å². The topological polar surface area (TPSA) is 38.7 Å². The number of carbonyl (C=O) groups is 1. The van der Waals surface area contributed by atoms with Crippen LogP contribution in [0.2, 0.25) is 8.35 Å². The van der Waals surface area contributed by atoms with E-state index in [1.165, 1.54) is 4.18 Å². The molecule has 12 heavy (non-hydrogen) atoms. The van der Waals surface area contributed by atoms with Gasteiger partial charge in [0.1, 0.15) is 0 Å². The molecule has 0 aromatic heterocycles. The molecule has 66 valence electrons. The molecular weight excluding hydrogens is 257 g/mol. The molecule has 0 amide bonds. The Bertz CT molecular complexity index is 182. The first-order valence-corrected chi connectivity index (χ1v) is 10.6. The minimum atomic E-state index is -1.54. The van der Waals surface area contributed by atoms with Crippen LogP contribution in [0.4, 0.5) is 0 Å². The van der Waals surface area contributed by atoms with E-state index in [2.05, 4.69) is 2.98 Å². The fourth-order valence-corrected chi connectivity index (χ4v) is 7.40. The summed E-state index contributed by atoms with van der Waals surface area (Å²) in [6, 6.07) is 0. The van der Waals surface area contributed by atoms with E-state index in [1.54, 1.807) is 0 Å². The monoisotopic (exact) mass is 271 g/mol. The molecule has 1 aliphatic rings. The second-order valence-electron chi connectivity index (χ2n) is 2.91. The van der Waals surface area contributed by atoms with Crippen molar-refractivity contribution in [3.8, 4) is 0 Å². The maximum atomic E-state index is 11.0. The fourth-order valence-electron chi connectivity index (χ4n) is 1.30. The first-order valence-electron chi connectivity index (χ1n) is 4.50. The van der Waals surface area contributed by atoms with Gasteiger partial charge in [-0.2, -0.15) is 0 Å². The number of esters is 1. The summed E-state index contributed by atoms with van der Waals surface area (Å²) in [6.45, 7) is 2.34. The van der Waals surface area contributed by atoms with Crippen molar-refractivity contribution in [2.45, 2.75) is 28.1 Å². The minimum absolute atomic E-state index is 0.0451. The number of nitrogens with zero attached hydrogens (tertiary/aromatic N) is 1. The molecule has 1 heterocycles. The van der Waals surface area contributed by atoms with Crippen LogP contribution in [-0.2, 0) is 9.53 Å². The Hall–Kier alpha value is 0.0101. The Balaban J connectivity index is 2.08. The van der Waals surface area contributed by atoms with E-state index >= 15 is 0 Å². The Morgan fingerprint density at radius 1 is 1.75 bits per heavy atom. The number of rotatable bonds is 4. The molecule has 0 aromatic carbocycles. The average molecular weight is 271 g/mol. The molecular formula is C8H14InNO2. The molecule has 0 unspecified atom stereocenters. The summed E-state index contributed by atoms with van der Waals surface area (Å²) >= 11 is -1.54. The molecule has 0 atom stereocenters. The van der Waals surface area contributed by atoms with Crippen LogP contribution in [0.1, 0.15) is 19.8 Å². The van der Waals surface area contributed by atoms with Crippen LogP contribution in [0.3, 0.4) is 0 Å². The van der Waals surface area contributed by atoms with Gasteiger partial charge in [0.15, 0.2) is 0 Å². The summed E-state index contributed by atoms with van der Waals surface area (Å²) in [6.07, 6.45) is 3.79. The van der Waals surface area contributed by atoms with E-state index in [1.807, 2.05) is 13.1 Å². The molecule has 0 spiro atoms. The Labute approximate surface area is 81.1 Å². The predicted molar refractivity (Wildman–Crippen MR) is 49.7 cm³/mol. The Morgan fingerprint density at radius 2 is 2.58 bits per heavy atom. The quantitative estimate of drug-likeness (QED) is 0.725. The van der Waals surface area contributed by atoms with Crippen LogP contribution in [-0.4, -0.2) is 40.5 Å². The normalized spacial score (nSPS) is 15.2. The molecule has 0 bridgehead atoms. The van der Waals surface area contributed by atoms with E-state index in [-0.39, 0.29) is 5.97 Å². The van der Waals surface area contributed by atoms with E-state index in [0.717, 1.165) is 10.6 Å². The van der Waals surface area contributed by atoms with Crippen molar-refractivity contribution >= 4 is 33.9 Å². The van der Waals surface area contributed by atoms with Crippen LogP contribution in [0, 0.1) is 0 Å². The molecule has 0 saturated carbocycles. The first-order chi connectivity index (χ1) is 5.83. The van der Waals surface area contributed by atoms with Gasteiger partial charge in [0.25, 0.3) is 0 Å². The number of hydrogen-bond donors (Lipinski definition) is 0. The zero-order chi connectivity index (χ0) is 8.81. The second-order valence-corrected chi connectivity index (χ2v) is 10.8. The van der Waals surface area contributed by atoms with Crippen LogP contribution >= 0.6 is 0 Å². The molecule has 0 saturated heterocycles. The van der Waals surface area contributed by atoms with Crippen molar-refractivity contribution < 1.29 is 9.53 Å². The molecule has 0 radical (unpaired) electrons. The van der Waals surface area contributed by atoms with Crippen LogP contribution < -0.4 is 0 Å². The number of ether oxygens (including phenoxy) is 1. The molecule has 1 aliphatic heterocycles. The Morgan fingerprint density at radius 3 is 3.17 bits per heavy atom. The molecule has 0 aliphatic carbocycles. The first kappa shape index (κ1) is 10.1. The van der Waals surface area contributed by atoms with E-state index in [4.69, 9.17) is 4.74 Å². The summed E-state index contributed by atoms with van der Waals surface area (Å²) in [4.78, 5) is 11.0. The van der Waals surface area contributed by atoms with Gasteiger partial charge in [0, 0.05) is 0 Å². The van der Waals surface area contributed by atoms with Gasteiger partial charge in [0.05, 0.1) is 0 Å². The SMILES string of the molecule is CCOC(=O)C[CH2][In]1[CH2]CC=[N]1. The zero-order valence-corrected chi connectivity index (χ0v) is 10.7. The molecule has 0 aromatic rings. The third kappa shape index (κ3) is 3.61. The second kappa shape index (κ2) is 5.62. The summed E-state index contributed by atoms with van der Waals surface area (Å²) in [5.41, 5.74) is 0. The van der Waals surface area contributed by atoms with E-state index in [0.29, 0.717) is 13.0 Å². The number of hydrogen-bond acceptors (Lipinski definition) is 3. The van der Waals surface area contributed by atoms with Gasteiger partial charge < -0.3 is 0 Å². The Kier molecular flexibility index (Phi) is 4.73. The summed E-state index contributed by atoms with van der Waals surface area (Å²) < 4.78 is 11.6. The van der Waals surface area contributed by atoms with Gasteiger partial charge in [-0.3, -0.25) is 0 Å². The molecule has 4 heteroatoms. The van der Waals surface area contributed by atoms with Crippen molar-refractivity contribution in [1.82, 2.24) is 0 Å². The average Bonchev–Trinajstić information content (AvgIpc) is 2.53. The van der Waals surface area contributed by atoms with Gasteiger partial charge in [-0.25, -0.2) is 0 Å². The van der Waals surface area contributed by atoms with Crippen molar-refractivity contribution in [3.05, 3.63) is 0 Å². The predicted octanol–water partition coefficient (Wildman–Crippen LogP) is 1.41. The van der Waals surface area contributed by atoms with Gasteiger partial charge in [-0.05, 0) is 0 Å². The van der Waals surface area contributed by atoms with Gasteiger partial charge >= 0.3 is 81.1 Å². The van der Waals surface area contributed by atoms with Crippen LogP contribution in [0.5, 0.6) is 0 Å². The maximum absolute atomic E-state index is 11.0. The van der Waals surface area contributed by atoms with Crippen LogP contribution in [0.15, 0.2) is 2.98 Å². The number of carbonyl (C=O) groups excluding carboxylic acids is 1. The third-order valence-corrected chi connectivity index (χ3v) is 9.32. The zero-order valence-electron chi connectivity index (χ0n) is 7.45. The molecule has 3 nitrogen and oxygen atoms in total. The molecule has 1 rings (SSSR count). The molecule has 0 N–H and O–H groups in total.